The number of rotatable bonds is 6. The van der Waals surface area contributed by atoms with Gasteiger partial charge in [-0.1, -0.05) is 86.6 Å². The van der Waals surface area contributed by atoms with Crippen LogP contribution in [0.3, 0.4) is 0 Å². The molecule has 4 unspecified atom stereocenters. The minimum atomic E-state index is -0.835. The smallest absolute Gasteiger partial charge is 0.229 e. The van der Waals surface area contributed by atoms with E-state index in [9.17, 15) is 0 Å². The van der Waals surface area contributed by atoms with Gasteiger partial charge in [0.05, 0.1) is 23.3 Å². The summed E-state index contributed by atoms with van der Waals surface area (Å²) in [6, 6.07) is 38.9. The molecule has 11 rings (SSSR count). The molecule has 0 radical (unpaired) electrons. The van der Waals surface area contributed by atoms with Crippen LogP contribution in [0.4, 0.5) is 22.7 Å². The number of pyridine rings is 2. The molecule has 5 aromatic carbocycles. The molecule has 0 N–H and O–H groups in total. The molecule has 0 bridgehead atoms. The summed E-state index contributed by atoms with van der Waals surface area (Å²) in [5.74, 6) is 1.55. The minimum absolute atomic E-state index is 0.360. The highest BCUT2D eigenvalue weighted by Gasteiger charge is 2.62. The Bertz CT molecular complexity index is 2660. The van der Waals surface area contributed by atoms with E-state index in [0.29, 0.717) is 13.1 Å². The minimum Gasteiger partial charge on any atom is -0.459 e. The maximum absolute atomic E-state index is 7.26. The lowest BCUT2D eigenvalue weighted by Crippen LogP contribution is -2.62. The number of aromatic nitrogens is 2. The Morgan fingerprint density at radius 2 is 0.948 bits per heavy atom. The summed E-state index contributed by atoms with van der Waals surface area (Å²) < 4.78 is 14.5. The summed E-state index contributed by atoms with van der Waals surface area (Å²) in [6.45, 7) is 10.4. The molecule has 7 aromatic rings. The van der Waals surface area contributed by atoms with Crippen molar-refractivity contribution in [3.8, 4) is 11.5 Å². The zero-order valence-corrected chi connectivity index (χ0v) is 33.2. The monoisotopic (exact) mass is 760 g/mol. The molecule has 8 nitrogen and oxygen atoms in total. The molecule has 8 heteroatoms. The highest BCUT2D eigenvalue weighted by atomic mass is 16.5. The van der Waals surface area contributed by atoms with E-state index in [1.54, 1.807) is 0 Å². The summed E-state index contributed by atoms with van der Waals surface area (Å²) in [4.78, 5) is 24.0. The van der Waals surface area contributed by atoms with E-state index in [4.69, 9.17) is 19.5 Å². The fourth-order valence-corrected chi connectivity index (χ4v) is 10.2. The van der Waals surface area contributed by atoms with E-state index in [1.807, 2.05) is 36.9 Å². The van der Waals surface area contributed by atoms with Gasteiger partial charge in [0.25, 0.3) is 0 Å². The number of hydrogen-bond donors (Lipinski definition) is 0. The highest BCUT2D eigenvalue weighted by molar-refractivity contribution is 6.01. The molecular formula is C50H44N6O2. The number of anilines is 2. The van der Waals surface area contributed by atoms with E-state index >= 15 is 0 Å². The third-order valence-electron chi connectivity index (χ3n) is 13.9. The van der Waals surface area contributed by atoms with Crippen LogP contribution in [-0.2, 0) is 23.9 Å². The number of nitrogens with zero attached hydrogens (tertiary/aromatic N) is 6. The van der Waals surface area contributed by atoms with Gasteiger partial charge in [0, 0.05) is 60.0 Å². The second kappa shape index (κ2) is 12.5. The van der Waals surface area contributed by atoms with Crippen LogP contribution in [0.25, 0.3) is 21.5 Å². The van der Waals surface area contributed by atoms with Crippen molar-refractivity contribution in [2.24, 2.45) is 9.98 Å². The van der Waals surface area contributed by atoms with E-state index in [0.717, 1.165) is 57.3 Å². The van der Waals surface area contributed by atoms with E-state index < -0.39 is 11.4 Å². The number of ether oxygens (including phenoxy) is 2. The van der Waals surface area contributed by atoms with Gasteiger partial charge in [0.15, 0.2) is 0 Å². The lowest BCUT2D eigenvalue weighted by atomic mass is 9.73. The van der Waals surface area contributed by atoms with Gasteiger partial charge in [-0.05, 0) is 96.1 Å². The molecule has 2 spiro atoms. The highest BCUT2D eigenvalue weighted by Crippen LogP contribution is 2.58. The fraction of sp³-hybridized carbons (Fsp3) is 0.240. The van der Waals surface area contributed by atoms with Crippen LogP contribution in [0.2, 0.25) is 0 Å². The Balaban J connectivity index is 0.951. The lowest BCUT2D eigenvalue weighted by molar-refractivity contribution is 0.0645. The molecule has 0 amide bonds. The van der Waals surface area contributed by atoms with Crippen molar-refractivity contribution in [3.05, 3.63) is 156 Å². The van der Waals surface area contributed by atoms with Crippen LogP contribution < -0.4 is 19.3 Å². The van der Waals surface area contributed by atoms with Gasteiger partial charge in [0.2, 0.25) is 11.4 Å². The number of para-hydroxylation sites is 2. The van der Waals surface area contributed by atoms with E-state index in [1.165, 1.54) is 33.6 Å². The molecule has 4 atom stereocenters. The van der Waals surface area contributed by atoms with Crippen molar-refractivity contribution in [1.29, 1.82) is 0 Å². The Labute approximate surface area is 338 Å². The van der Waals surface area contributed by atoms with E-state index in [2.05, 4.69) is 157 Å². The zero-order chi connectivity index (χ0) is 39.3. The lowest BCUT2D eigenvalue weighted by Gasteiger charge is -2.47. The van der Waals surface area contributed by atoms with Crippen molar-refractivity contribution in [2.45, 2.75) is 75.9 Å². The van der Waals surface area contributed by atoms with E-state index in [-0.39, 0.29) is 10.8 Å². The summed E-state index contributed by atoms with van der Waals surface area (Å²) in [5, 5.41) is 4.17. The first-order chi connectivity index (χ1) is 28.3. The maximum atomic E-state index is 7.26. The van der Waals surface area contributed by atoms with Gasteiger partial charge >= 0.3 is 0 Å². The molecule has 4 aliphatic rings. The second-order valence-corrected chi connectivity index (χ2v) is 16.5. The largest absolute Gasteiger partial charge is 0.459 e. The van der Waals surface area contributed by atoms with Gasteiger partial charge in [-0.3, -0.25) is 20.0 Å². The summed E-state index contributed by atoms with van der Waals surface area (Å²) in [6.07, 6.45) is 13.2. The fourth-order valence-electron chi connectivity index (χ4n) is 10.2. The van der Waals surface area contributed by atoms with Crippen LogP contribution in [0.5, 0.6) is 11.5 Å². The maximum Gasteiger partial charge on any atom is 0.229 e. The topological polar surface area (TPSA) is 75.4 Å². The van der Waals surface area contributed by atoms with Crippen LogP contribution in [0.1, 0.15) is 62.8 Å². The van der Waals surface area contributed by atoms with Gasteiger partial charge in [0.1, 0.15) is 22.9 Å². The first kappa shape index (κ1) is 34.7. The quantitative estimate of drug-likeness (QED) is 0.168. The number of benzene rings is 5. The average Bonchev–Trinajstić information content (AvgIpc) is 3.59. The first-order valence-corrected chi connectivity index (χ1v) is 20.4. The van der Waals surface area contributed by atoms with Gasteiger partial charge in [-0.15, -0.1) is 0 Å². The number of hydrogen-bond acceptors (Lipinski definition) is 8. The van der Waals surface area contributed by atoms with Crippen LogP contribution >= 0.6 is 0 Å². The molecule has 6 heterocycles. The number of fused-ring (bicyclic) bond motifs is 8. The molecule has 0 saturated heterocycles. The Morgan fingerprint density at radius 1 is 0.517 bits per heavy atom. The standard InChI is InChI=1S/C50H44N6O2/c1-5-47(3)39-11-7-9-13-41(39)55(49(47)31-53-45-37-27-51-25-23-35(37)19-21-43(45)57-49)29-33-15-17-34(18-16-33)30-56-42-14-10-8-12-40(42)48(4,6-2)50(56)32-54-46-38-28-52-26-24-36(38)20-22-44(46)58-50/h7-28,31-32H,5-6,29-30H2,1-4H3. The number of aliphatic imine (C=N–C) groups is 2. The molecule has 0 aliphatic carbocycles. The molecule has 286 valence electrons. The van der Waals surface area contributed by atoms with Crippen molar-refractivity contribution in [2.75, 3.05) is 9.80 Å². The molecule has 0 fully saturated rings. The Hall–Kier alpha value is -6.54. The van der Waals surface area contributed by atoms with Crippen molar-refractivity contribution in [3.63, 3.8) is 0 Å². The third kappa shape index (κ3) is 4.57. The van der Waals surface area contributed by atoms with Crippen molar-refractivity contribution < 1.29 is 9.47 Å². The van der Waals surface area contributed by atoms with Gasteiger partial charge in [-0.2, -0.15) is 0 Å². The predicted octanol–water partition coefficient (Wildman–Crippen LogP) is 11.1. The van der Waals surface area contributed by atoms with Gasteiger partial charge < -0.3 is 19.3 Å². The predicted molar refractivity (Wildman–Crippen MR) is 233 cm³/mol. The third-order valence-corrected chi connectivity index (χ3v) is 13.9. The van der Waals surface area contributed by atoms with Crippen LogP contribution in [0, 0.1) is 0 Å². The van der Waals surface area contributed by atoms with Crippen LogP contribution in [-0.4, -0.2) is 33.8 Å². The van der Waals surface area contributed by atoms with Crippen molar-refractivity contribution in [1.82, 2.24) is 9.97 Å². The molecule has 58 heavy (non-hydrogen) atoms. The Kier molecular flexibility index (Phi) is 7.46. The van der Waals surface area contributed by atoms with Crippen LogP contribution in [0.15, 0.2) is 144 Å². The summed E-state index contributed by atoms with van der Waals surface area (Å²) in [5.41, 5.74) is 6.51. The summed E-state index contributed by atoms with van der Waals surface area (Å²) >= 11 is 0. The molecular weight excluding hydrogens is 717 g/mol. The normalized spacial score (nSPS) is 24.8. The first-order valence-electron chi connectivity index (χ1n) is 20.4. The summed E-state index contributed by atoms with van der Waals surface area (Å²) in [7, 11) is 0. The second-order valence-electron chi connectivity index (χ2n) is 16.5. The molecule has 2 aromatic heterocycles. The van der Waals surface area contributed by atoms with Gasteiger partial charge in [-0.25, -0.2) is 0 Å². The van der Waals surface area contributed by atoms with Crippen molar-refractivity contribution >= 4 is 56.7 Å². The Morgan fingerprint density at radius 3 is 1.38 bits per heavy atom. The molecule has 0 saturated carbocycles. The molecule has 4 aliphatic heterocycles. The SMILES string of the molecule is CCC1(C)c2ccccc2N(Cc2ccc(CN3c4ccccc4C(C)(CC)C34C=Nc3c(ccc5ccncc35)O4)cc2)C12C=Nc1c(ccc3ccncc13)O2. The average molecular weight is 761 g/mol. The zero-order valence-electron chi connectivity index (χ0n) is 33.2.